The van der Waals surface area contributed by atoms with E-state index in [1.54, 1.807) is 6.34 Å². The summed E-state index contributed by atoms with van der Waals surface area (Å²) in [6, 6.07) is 0. The van der Waals surface area contributed by atoms with Gasteiger partial charge in [-0.15, -0.1) is 0 Å². The number of hydrogen-bond donors (Lipinski definition) is 2. The predicted octanol–water partition coefficient (Wildman–Crippen LogP) is -0.294. The number of hydrogen-bond acceptors (Lipinski definition) is 3. The van der Waals surface area contributed by atoms with Crippen molar-refractivity contribution < 1.29 is 0 Å². The fourth-order valence-electron chi connectivity index (χ4n) is 0.323. The van der Waals surface area contributed by atoms with Gasteiger partial charge in [-0.1, -0.05) is 6.58 Å². The Balaban J connectivity index is 0.000000145. The van der Waals surface area contributed by atoms with Gasteiger partial charge in [0.25, 0.3) is 0 Å². The van der Waals surface area contributed by atoms with Gasteiger partial charge in [-0.2, -0.15) is 0 Å². The Bertz CT molecular complexity index is 71.7. The van der Waals surface area contributed by atoms with Crippen molar-refractivity contribution >= 4 is 6.34 Å². The van der Waals surface area contributed by atoms with Crippen LogP contribution in [0.25, 0.3) is 0 Å². The Morgan fingerprint density at radius 1 is 1.88 bits per heavy atom. The molecule has 1 rings (SSSR count). The van der Waals surface area contributed by atoms with Crippen LogP contribution in [0.5, 0.6) is 0 Å². The third-order valence-corrected chi connectivity index (χ3v) is 0.568. The quantitative estimate of drug-likeness (QED) is 0.453. The Labute approximate surface area is 49.3 Å². The molecule has 0 aromatic rings. The zero-order chi connectivity index (χ0) is 6.24. The maximum Gasteiger partial charge on any atom is 0.0825 e. The zero-order valence-electron chi connectivity index (χ0n) is 4.80. The van der Waals surface area contributed by atoms with E-state index in [0.717, 1.165) is 13.1 Å². The van der Waals surface area contributed by atoms with Crippen LogP contribution in [0.2, 0.25) is 0 Å². The summed E-state index contributed by atoms with van der Waals surface area (Å²) in [5.74, 6) is 0. The van der Waals surface area contributed by atoms with E-state index in [1.165, 1.54) is 6.20 Å². The highest BCUT2D eigenvalue weighted by Crippen LogP contribution is 1.68. The van der Waals surface area contributed by atoms with E-state index in [1.807, 2.05) is 0 Å². The largest absolute Gasteiger partial charge is 0.405 e. The lowest BCUT2D eigenvalue weighted by molar-refractivity contribution is 0.965. The van der Waals surface area contributed by atoms with Gasteiger partial charge in [-0.05, 0) is 6.20 Å². The minimum Gasteiger partial charge on any atom is -0.405 e. The average molecular weight is 113 g/mol. The van der Waals surface area contributed by atoms with Gasteiger partial charge in [0.2, 0.25) is 0 Å². The van der Waals surface area contributed by atoms with Crippen molar-refractivity contribution in [1.82, 2.24) is 5.32 Å². The van der Waals surface area contributed by atoms with E-state index < -0.39 is 0 Å². The first-order valence-corrected chi connectivity index (χ1v) is 2.46. The van der Waals surface area contributed by atoms with Gasteiger partial charge >= 0.3 is 0 Å². The Morgan fingerprint density at radius 3 is 2.62 bits per heavy atom. The SMILES string of the molecule is C1=NCCN1.C=CN. The van der Waals surface area contributed by atoms with E-state index in [0.29, 0.717) is 0 Å². The highest BCUT2D eigenvalue weighted by molar-refractivity contribution is 5.56. The molecule has 3 nitrogen and oxygen atoms in total. The molecule has 0 atom stereocenters. The molecule has 1 heterocycles. The van der Waals surface area contributed by atoms with Gasteiger partial charge in [0.05, 0.1) is 12.9 Å². The average Bonchev–Trinajstić information content (AvgIpc) is 2.17. The normalized spacial score (nSPS) is 13.5. The first-order chi connectivity index (χ1) is 3.91. The van der Waals surface area contributed by atoms with Gasteiger partial charge in [0.15, 0.2) is 0 Å². The Morgan fingerprint density at radius 2 is 2.50 bits per heavy atom. The molecule has 46 valence electrons. The molecule has 0 aromatic carbocycles. The fraction of sp³-hybridized carbons (Fsp3) is 0.400. The van der Waals surface area contributed by atoms with E-state index >= 15 is 0 Å². The van der Waals surface area contributed by atoms with Crippen molar-refractivity contribution in [2.45, 2.75) is 0 Å². The highest BCUT2D eigenvalue weighted by Gasteiger charge is 1.82. The Kier molecular flexibility index (Phi) is 5.27. The van der Waals surface area contributed by atoms with Gasteiger partial charge < -0.3 is 11.1 Å². The predicted molar refractivity (Wildman–Crippen MR) is 35.7 cm³/mol. The second kappa shape index (κ2) is 6.01. The minimum atomic E-state index is 0.958. The summed E-state index contributed by atoms with van der Waals surface area (Å²) in [6.07, 6.45) is 2.99. The molecule has 1 aliphatic heterocycles. The molecule has 1 aliphatic rings. The summed E-state index contributed by atoms with van der Waals surface area (Å²) in [6.45, 7) is 5.12. The summed E-state index contributed by atoms with van der Waals surface area (Å²) >= 11 is 0. The lowest BCUT2D eigenvalue weighted by Gasteiger charge is -1.75. The molecule has 0 aromatic heterocycles. The van der Waals surface area contributed by atoms with Crippen LogP contribution < -0.4 is 11.1 Å². The van der Waals surface area contributed by atoms with E-state index in [9.17, 15) is 0 Å². The molecule has 0 aliphatic carbocycles. The van der Waals surface area contributed by atoms with E-state index in [-0.39, 0.29) is 0 Å². The van der Waals surface area contributed by atoms with Crippen LogP contribution in [-0.4, -0.2) is 19.4 Å². The standard InChI is InChI=1S/C3H6N2.C2H5N/c1-2-5-3-4-1;1-2-3/h3H,1-2H2,(H,4,5);2H,1,3H2. The summed E-state index contributed by atoms with van der Waals surface area (Å²) in [5.41, 5.74) is 4.61. The van der Waals surface area contributed by atoms with E-state index in [2.05, 4.69) is 22.6 Å². The van der Waals surface area contributed by atoms with Crippen LogP contribution in [0, 0.1) is 0 Å². The monoisotopic (exact) mass is 113 g/mol. The van der Waals surface area contributed by atoms with Crippen molar-refractivity contribution in [2.75, 3.05) is 13.1 Å². The van der Waals surface area contributed by atoms with Crippen LogP contribution in [-0.2, 0) is 0 Å². The van der Waals surface area contributed by atoms with Crippen molar-refractivity contribution in [1.29, 1.82) is 0 Å². The highest BCUT2D eigenvalue weighted by atomic mass is 15.0. The van der Waals surface area contributed by atoms with Gasteiger partial charge in [-0.25, -0.2) is 0 Å². The molecular weight excluding hydrogens is 102 g/mol. The van der Waals surface area contributed by atoms with Crippen LogP contribution in [0.3, 0.4) is 0 Å². The molecule has 3 heteroatoms. The number of rotatable bonds is 0. The molecule has 0 saturated heterocycles. The van der Waals surface area contributed by atoms with Crippen molar-refractivity contribution in [3.8, 4) is 0 Å². The van der Waals surface area contributed by atoms with Crippen LogP contribution in [0.1, 0.15) is 0 Å². The smallest absolute Gasteiger partial charge is 0.0825 e. The molecule has 0 saturated carbocycles. The molecule has 8 heavy (non-hydrogen) atoms. The van der Waals surface area contributed by atoms with Crippen LogP contribution in [0.4, 0.5) is 0 Å². The number of aliphatic imine (C=N–C) groups is 1. The summed E-state index contributed by atoms with van der Waals surface area (Å²) in [7, 11) is 0. The van der Waals surface area contributed by atoms with Crippen LogP contribution in [0.15, 0.2) is 17.8 Å². The third-order valence-electron chi connectivity index (χ3n) is 0.568. The first-order valence-electron chi connectivity index (χ1n) is 2.46. The molecule has 0 amide bonds. The molecular formula is C5H11N3. The van der Waals surface area contributed by atoms with Crippen molar-refractivity contribution in [3.05, 3.63) is 12.8 Å². The third kappa shape index (κ3) is 5.01. The number of nitrogens with zero attached hydrogens (tertiary/aromatic N) is 1. The number of nitrogens with two attached hydrogens (primary N) is 1. The van der Waals surface area contributed by atoms with Crippen molar-refractivity contribution in [3.63, 3.8) is 0 Å². The summed E-state index contributed by atoms with van der Waals surface area (Å²) in [4.78, 5) is 3.85. The molecule has 0 radical (unpaired) electrons. The van der Waals surface area contributed by atoms with Crippen molar-refractivity contribution in [2.24, 2.45) is 10.7 Å². The molecule has 0 fully saturated rings. The summed E-state index contributed by atoms with van der Waals surface area (Å²) in [5, 5.41) is 2.93. The lowest BCUT2D eigenvalue weighted by Crippen LogP contribution is -2.04. The molecule has 0 spiro atoms. The molecule has 3 N–H and O–H groups in total. The van der Waals surface area contributed by atoms with Gasteiger partial charge in [0.1, 0.15) is 0 Å². The second-order valence-electron chi connectivity index (χ2n) is 1.23. The fourth-order valence-corrected chi connectivity index (χ4v) is 0.323. The van der Waals surface area contributed by atoms with E-state index in [4.69, 9.17) is 0 Å². The maximum atomic E-state index is 4.61. The van der Waals surface area contributed by atoms with Gasteiger partial charge in [-0.3, -0.25) is 4.99 Å². The molecule has 0 unspecified atom stereocenters. The first kappa shape index (κ1) is 7.01. The summed E-state index contributed by atoms with van der Waals surface area (Å²) < 4.78 is 0. The number of nitrogens with one attached hydrogen (secondary N) is 1. The van der Waals surface area contributed by atoms with Crippen LogP contribution >= 0.6 is 0 Å². The zero-order valence-corrected chi connectivity index (χ0v) is 4.80. The second-order valence-corrected chi connectivity index (χ2v) is 1.23. The Hall–Kier alpha value is -0.990. The lowest BCUT2D eigenvalue weighted by atomic mass is 10.7. The van der Waals surface area contributed by atoms with Gasteiger partial charge in [0, 0.05) is 6.54 Å². The maximum absolute atomic E-state index is 4.61. The molecule has 0 bridgehead atoms. The minimum absolute atomic E-state index is 0.958. The topological polar surface area (TPSA) is 50.4 Å².